The van der Waals surface area contributed by atoms with Crippen LogP contribution in [0.4, 0.5) is 0 Å². The first-order valence-electron chi connectivity index (χ1n) is 14.9. The molecule has 0 aliphatic heterocycles. The summed E-state index contributed by atoms with van der Waals surface area (Å²) < 4.78 is 2.68. The van der Waals surface area contributed by atoms with Crippen molar-refractivity contribution >= 4 is 63.8 Å². The summed E-state index contributed by atoms with van der Waals surface area (Å²) in [4.78, 5) is 0. The molecule has 198 valence electrons. The van der Waals surface area contributed by atoms with Gasteiger partial charge in [-0.05, 0) is 83.4 Å². The highest BCUT2D eigenvalue weighted by Gasteiger charge is 2.22. The summed E-state index contributed by atoms with van der Waals surface area (Å²) in [6.45, 7) is 0. The Labute approximate surface area is 253 Å². The lowest BCUT2D eigenvalue weighted by Gasteiger charge is -2.11. The Bertz CT molecular complexity index is 2590. The van der Waals surface area contributed by atoms with Crippen molar-refractivity contribution in [3.63, 3.8) is 0 Å². The van der Waals surface area contributed by atoms with Gasteiger partial charge in [0.05, 0.1) is 0 Å². The number of rotatable bonds is 2. The molecule has 1 aromatic heterocycles. The Morgan fingerprint density at radius 1 is 0.326 bits per heavy atom. The van der Waals surface area contributed by atoms with E-state index in [1.165, 1.54) is 97.0 Å². The summed E-state index contributed by atoms with van der Waals surface area (Å²) >= 11 is 1.91. The van der Waals surface area contributed by atoms with Crippen LogP contribution >= 0.6 is 11.3 Å². The number of hydrogen-bond donors (Lipinski definition) is 0. The third-order valence-corrected chi connectivity index (χ3v) is 10.7. The molecule has 10 rings (SSSR count). The van der Waals surface area contributed by atoms with Crippen molar-refractivity contribution in [3.05, 3.63) is 146 Å². The second kappa shape index (κ2) is 8.64. The van der Waals surface area contributed by atoms with E-state index in [-0.39, 0.29) is 0 Å². The smallest absolute Gasteiger partial charge is 0.0434 e. The molecule has 0 saturated heterocycles. The first-order chi connectivity index (χ1) is 21.3. The van der Waals surface area contributed by atoms with Gasteiger partial charge in [0.1, 0.15) is 0 Å². The quantitative estimate of drug-likeness (QED) is 0.184. The zero-order valence-electron chi connectivity index (χ0n) is 23.3. The maximum atomic E-state index is 2.42. The molecule has 0 unspecified atom stereocenters. The molecule has 0 nitrogen and oxygen atoms in total. The summed E-state index contributed by atoms with van der Waals surface area (Å²) in [5.41, 5.74) is 10.6. The summed E-state index contributed by atoms with van der Waals surface area (Å²) in [7, 11) is 0. The number of hydrogen-bond acceptors (Lipinski definition) is 1. The van der Waals surface area contributed by atoms with E-state index in [1.54, 1.807) is 0 Å². The van der Waals surface area contributed by atoms with E-state index in [9.17, 15) is 0 Å². The van der Waals surface area contributed by atoms with Gasteiger partial charge in [-0.3, -0.25) is 0 Å². The number of benzene rings is 8. The molecule has 1 aliphatic carbocycles. The van der Waals surface area contributed by atoms with E-state index in [1.807, 2.05) is 11.3 Å². The molecule has 8 aromatic carbocycles. The standard InChI is InChI=1S/C42H24S/c1-2-9-27-25(8-1)18-20-33-29(27)12-5-13-32(33)37-16-7-17-38-39-24-26(19-23-40(39)43-42(37)38)28-21-22-36-31-11-4-3-10-30(31)35-15-6-14-34(28)41(35)36/h1-24H. The molecule has 1 heteroatoms. The second-order valence-corrected chi connectivity index (χ2v) is 12.7. The molecule has 0 radical (unpaired) electrons. The van der Waals surface area contributed by atoms with Crippen LogP contribution < -0.4 is 0 Å². The van der Waals surface area contributed by atoms with Crippen LogP contribution in [0.3, 0.4) is 0 Å². The summed E-state index contributed by atoms with van der Waals surface area (Å²) in [6, 6.07) is 54.1. The van der Waals surface area contributed by atoms with Crippen molar-refractivity contribution in [2.24, 2.45) is 0 Å². The van der Waals surface area contributed by atoms with E-state index in [0.717, 1.165) is 0 Å². The molecule has 0 amide bonds. The normalized spacial score (nSPS) is 12.2. The minimum atomic E-state index is 1.27. The zero-order valence-corrected chi connectivity index (χ0v) is 24.1. The Balaban J connectivity index is 1.18. The fourth-order valence-electron chi connectivity index (χ4n) is 7.51. The molecule has 0 spiro atoms. The van der Waals surface area contributed by atoms with Crippen LogP contribution in [0.15, 0.2) is 146 Å². The van der Waals surface area contributed by atoms with Crippen LogP contribution in [0.25, 0.3) is 97.0 Å². The minimum absolute atomic E-state index is 1.27. The lowest BCUT2D eigenvalue weighted by Crippen LogP contribution is -1.84. The lowest BCUT2D eigenvalue weighted by atomic mass is 9.93. The molecule has 1 aliphatic rings. The molecule has 0 saturated carbocycles. The average molecular weight is 561 g/mol. The van der Waals surface area contributed by atoms with Gasteiger partial charge in [0.25, 0.3) is 0 Å². The van der Waals surface area contributed by atoms with Gasteiger partial charge in [-0.1, -0.05) is 133 Å². The van der Waals surface area contributed by atoms with E-state index in [0.29, 0.717) is 0 Å². The average Bonchev–Trinajstić information content (AvgIpc) is 3.61. The Morgan fingerprint density at radius 3 is 1.86 bits per heavy atom. The zero-order chi connectivity index (χ0) is 28.1. The summed E-state index contributed by atoms with van der Waals surface area (Å²) in [5.74, 6) is 0. The van der Waals surface area contributed by atoms with Crippen molar-refractivity contribution in [1.29, 1.82) is 0 Å². The van der Waals surface area contributed by atoms with E-state index >= 15 is 0 Å². The number of thiophene rings is 1. The molecule has 43 heavy (non-hydrogen) atoms. The predicted octanol–water partition coefficient (Wildman–Crippen LogP) is 12.5. The second-order valence-electron chi connectivity index (χ2n) is 11.6. The van der Waals surface area contributed by atoms with Crippen molar-refractivity contribution in [1.82, 2.24) is 0 Å². The van der Waals surface area contributed by atoms with Gasteiger partial charge in [-0.2, -0.15) is 0 Å². The van der Waals surface area contributed by atoms with Gasteiger partial charge in [0.15, 0.2) is 0 Å². The maximum Gasteiger partial charge on any atom is 0.0434 e. The minimum Gasteiger partial charge on any atom is -0.135 e. The van der Waals surface area contributed by atoms with E-state index < -0.39 is 0 Å². The molecule has 0 bridgehead atoms. The molecule has 0 atom stereocenters. The Morgan fingerprint density at radius 2 is 0.977 bits per heavy atom. The van der Waals surface area contributed by atoms with Crippen LogP contribution in [0.2, 0.25) is 0 Å². The molecule has 1 heterocycles. The monoisotopic (exact) mass is 560 g/mol. The first-order valence-corrected chi connectivity index (χ1v) is 15.7. The maximum absolute atomic E-state index is 2.42. The van der Waals surface area contributed by atoms with Gasteiger partial charge in [0.2, 0.25) is 0 Å². The fourth-order valence-corrected chi connectivity index (χ4v) is 8.72. The summed E-state index contributed by atoms with van der Waals surface area (Å²) in [5, 5.41) is 10.6. The molecule has 9 aromatic rings. The van der Waals surface area contributed by atoms with Crippen LogP contribution in [-0.2, 0) is 0 Å². The van der Waals surface area contributed by atoms with Crippen LogP contribution in [0.5, 0.6) is 0 Å². The largest absolute Gasteiger partial charge is 0.135 e. The van der Waals surface area contributed by atoms with Crippen molar-refractivity contribution in [3.8, 4) is 44.5 Å². The van der Waals surface area contributed by atoms with E-state index in [2.05, 4.69) is 146 Å². The predicted molar refractivity (Wildman–Crippen MR) is 187 cm³/mol. The number of fused-ring (bicyclic) bond motifs is 9. The van der Waals surface area contributed by atoms with Crippen molar-refractivity contribution in [2.75, 3.05) is 0 Å². The third kappa shape index (κ3) is 3.20. The molecule has 0 fully saturated rings. The SMILES string of the molecule is c1ccc2c(c1)-c1cccc3c(-c4ccc5sc6c(-c7cccc8c7ccc7ccccc78)cccc6c5c4)ccc-2c13. The molecule has 0 N–H and O–H groups in total. The van der Waals surface area contributed by atoms with Gasteiger partial charge < -0.3 is 0 Å². The van der Waals surface area contributed by atoms with E-state index in [4.69, 9.17) is 0 Å². The van der Waals surface area contributed by atoms with Crippen LogP contribution in [0.1, 0.15) is 0 Å². The third-order valence-electron chi connectivity index (χ3n) is 9.43. The van der Waals surface area contributed by atoms with Gasteiger partial charge in [-0.25, -0.2) is 0 Å². The van der Waals surface area contributed by atoms with Crippen molar-refractivity contribution in [2.45, 2.75) is 0 Å². The highest BCUT2D eigenvalue weighted by molar-refractivity contribution is 7.26. The van der Waals surface area contributed by atoms with Crippen LogP contribution in [0, 0.1) is 0 Å². The fraction of sp³-hybridized carbons (Fsp3) is 0. The Kier molecular flexibility index (Phi) is 4.69. The first kappa shape index (κ1) is 23.3. The van der Waals surface area contributed by atoms with Gasteiger partial charge >= 0.3 is 0 Å². The highest BCUT2D eigenvalue weighted by Crippen LogP contribution is 2.50. The molecular weight excluding hydrogens is 537 g/mol. The molecular formula is C42H24S. The highest BCUT2D eigenvalue weighted by atomic mass is 32.1. The van der Waals surface area contributed by atoms with Gasteiger partial charge in [-0.15, -0.1) is 11.3 Å². The topological polar surface area (TPSA) is 0 Å². The summed E-state index contributed by atoms with van der Waals surface area (Å²) in [6.07, 6.45) is 0. The Hall–Kier alpha value is -5.24. The van der Waals surface area contributed by atoms with Crippen LogP contribution in [-0.4, -0.2) is 0 Å². The lowest BCUT2D eigenvalue weighted by molar-refractivity contribution is 1.69. The van der Waals surface area contributed by atoms with Gasteiger partial charge in [0, 0.05) is 25.7 Å². The van der Waals surface area contributed by atoms with Crippen molar-refractivity contribution < 1.29 is 0 Å².